The summed E-state index contributed by atoms with van der Waals surface area (Å²) in [5, 5.41) is 5.79. The van der Waals surface area contributed by atoms with Crippen molar-refractivity contribution in [3.05, 3.63) is 36.4 Å². The maximum atomic E-state index is 12.1. The normalized spacial score (nSPS) is 15.8. The maximum absolute atomic E-state index is 12.1. The molecule has 1 aliphatic rings. The first-order valence-corrected chi connectivity index (χ1v) is 9.31. The fraction of sp³-hybridized carbons (Fsp3) is 0.368. The molecule has 0 spiro atoms. The highest BCUT2D eigenvalue weighted by Crippen LogP contribution is 2.31. The number of carbonyl (C=O) groups is 1. The van der Waals surface area contributed by atoms with Crippen molar-refractivity contribution in [2.24, 2.45) is 0 Å². The Hall–Kier alpha value is -1.98. The molecule has 1 N–H and O–H groups in total. The standard InChI is InChI=1S/C19H20N2O2S/c22-17(12-23-14-7-2-1-3-8-14)20-19-21-18-15-9-5-4-6-13(15)10-11-16(18)24-19/h4-6,9-11,14H,1-3,7-8,12H2,(H,20,21,22). The quantitative estimate of drug-likeness (QED) is 0.746. The largest absolute Gasteiger partial charge is 0.368 e. The molecule has 0 bridgehead atoms. The predicted molar refractivity (Wildman–Crippen MR) is 98.6 cm³/mol. The first-order chi connectivity index (χ1) is 11.8. The molecule has 24 heavy (non-hydrogen) atoms. The van der Waals surface area contributed by atoms with Gasteiger partial charge in [-0.1, -0.05) is 60.9 Å². The summed E-state index contributed by atoms with van der Waals surface area (Å²) in [6, 6.07) is 12.3. The minimum atomic E-state index is -0.121. The van der Waals surface area contributed by atoms with Gasteiger partial charge in [0.15, 0.2) is 5.13 Å². The van der Waals surface area contributed by atoms with Gasteiger partial charge >= 0.3 is 0 Å². The fourth-order valence-electron chi connectivity index (χ4n) is 3.30. The lowest BCUT2D eigenvalue weighted by atomic mass is 9.98. The number of hydrogen-bond donors (Lipinski definition) is 1. The lowest BCUT2D eigenvalue weighted by Gasteiger charge is -2.21. The Balaban J connectivity index is 1.46. The van der Waals surface area contributed by atoms with E-state index < -0.39 is 0 Å². The van der Waals surface area contributed by atoms with Gasteiger partial charge in [0.1, 0.15) is 6.61 Å². The number of ether oxygens (including phenoxy) is 1. The van der Waals surface area contributed by atoms with Crippen molar-refractivity contribution in [2.45, 2.75) is 38.2 Å². The number of thiazole rings is 1. The molecular formula is C19H20N2O2S. The van der Waals surface area contributed by atoms with Crippen molar-refractivity contribution < 1.29 is 9.53 Å². The Labute approximate surface area is 144 Å². The van der Waals surface area contributed by atoms with E-state index in [4.69, 9.17) is 4.74 Å². The van der Waals surface area contributed by atoms with Crippen LogP contribution in [0.15, 0.2) is 36.4 Å². The molecule has 0 atom stereocenters. The summed E-state index contributed by atoms with van der Waals surface area (Å²) in [6.45, 7) is 0.112. The minimum absolute atomic E-state index is 0.112. The highest BCUT2D eigenvalue weighted by molar-refractivity contribution is 7.22. The van der Waals surface area contributed by atoms with Gasteiger partial charge in [-0.05, 0) is 24.3 Å². The average molecular weight is 340 g/mol. The third-order valence-corrected chi connectivity index (χ3v) is 5.47. The topological polar surface area (TPSA) is 51.2 Å². The van der Waals surface area contributed by atoms with Gasteiger partial charge in [-0.15, -0.1) is 0 Å². The summed E-state index contributed by atoms with van der Waals surface area (Å²) < 4.78 is 6.81. The molecule has 0 saturated heterocycles. The fourth-order valence-corrected chi connectivity index (χ4v) is 4.19. The van der Waals surface area contributed by atoms with Gasteiger partial charge in [0, 0.05) is 5.39 Å². The first kappa shape index (κ1) is 15.5. The molecule has 3 aromatic rings. The number of nitrogens with zero attached hydrogens (tertiary/aromatic N) is 1. The smallest absolute Gasteiger partial charge is 0.252 e. The van der Waals surface area contributed by atoms with Gasteiger partial charge in [0.2, 0.25) is 0 Å². The van der Waals surface area contributed by atoms with E-state index in [0.29, 0.717) is 5.13 Å². The van der Waals surface area contributed by atoms with Crippen LogP contribution in [-0.4, -0.2) is 23.6 Å². The van der Waals surface area contributed by atoms with E-state index in [1.54, 1.807) is 0 Å². The van der Waals surface area contributed by atoms with Crippen molar-refractivity contribution >= 4 is 43.4 Å². The summed E-state index contributed by atoms with van der Waals surface area (Å²) in [5.41, 5.74) is 0.946. The monoisotopic (exact) mass is 340 g/mol. The Morgan fingerprint density at radius 2 is 2.00 bits per heavy atom. The molecule has 1 heterocycles. The summed E-state index contributed by atoms with van der Waals surface area (Å²) in [4.78, 5) is 16.7. The Morgan fingerprint density at radius 3 is 2.88 bits per heavy atom. The second-order valence-electron chi connectivity index (χ2n) is 6.27. The Bertz CT molecular complexity index is 868. The van der Waals surface area contributed by atoms with E-state index in [1.807, 2.05) is 12.1 Å². The van der Waals surface area contributed by atoms with Crippen LogP contribution in [0.5, 0.6) is 0 Å². The van der Waals surface area contributed by atoms with Crippen LogP contribution in [0.25, 0.3) is 21.0 Å². The van der Waals surface area contributed by atoms with Gasteiger partial charge < -0.3 is 4.74 Å². The van der Waals surface area contributed by atoms with Crippen molar-refractivity contribution in [2.75, 3.05) is 11.9 Å². The lowest BCUT2D eigenvalue weighted by molar-refractivity contribution is -0.123. The predicted octanol–water partition coefficient (Wildman–Crippen LogP) is 4.74. The molecule has 0 radical (unpaired) electrons. The SMILES string of the molecule is O=C(COC1CCCCC1)Nc1nc2c(ccc3ccccc32)s1. The highest BCUT2D eigenvalue weighted by Gasteiger charge is 2.16. The molecule has 1 aromatic heterocycles. The van der Waals surface area contributed by atoms with Gasteiger partial charge in [-0.25, -0.2) is 4.98 Å². The lowest BCUT2D eigenvalue weighted by Crippen LogP contribution is -2.24. The molecule has 0 unspecified atom stereocenters. The van der Waals surface area contributed by atoms with Gasteiger partial charge in [0.05, 0.1) is 16.3 Å². The number of benzene rings is 2. The van der Waals surface area contributed by atoms with Crippen LogP contribution >= 0.6 is 11.3 Å². The minimum Gasteiger partial charge on any atom is -0.368 e. The third kappa shape index (κ3) is 3.28. The zero-order valence-corrected chi connectivity index (χ0v) is 14.3. The van der Waals surface area contributed by atoms with Crippen LogP contribution in [0.3, 0.4) is 0 Å². The summed E-state index contributed by atoms with van der Waals surface area (Å²) in [5.74, 6) is -0.121. The van der Waals surface area contributed by atoms with E-state index in [0.717, 1.165) is 33.8 Å². The molecule has 1 aliphatic carbocycles. The summed E-state index contributed by atoms with van der Waals surface area (Å²) in [7, 11) is 0. The van der Waals surface area contributed by atoms with E-state index in [9.17, 15) is 4.79 Å². The number of aromatic nitrogens is 1. The molecule has 1 amide bonds. The van der Waals surface area contributed by atoms with Gasteiger partial charge in [0.25, 0.3) is 5.91 Å². The van der Waals surface area contributed by atoms with Crippen LogP contribution in [0, 0.1) is 0 Å². The number of hydrogen-bond acceptors (Lipinski definition) is 4. The number of fused-ring (bicyclic) bond motifs is 3. The molecule has 4 nitrogen and oxygen atoms in total. The number of amides is 1. The van der Waals surface area contributed by atoms with E-state index in [1.165, 1.54) is 30.6 Å². The van der Waals surface area contributed by atoms with Crippen molar-refractivity contribution in [1.29, 1.82) is 0 Å². The average Bonchev–Trinajstić information content (AvgIpc) is 3.04. The zero-order valence-electron chi connectivity index (χ0n) is 13.5. The Kier molecular flexibility index (Phi) is 4.45. The van der Waals surface area contributed by atoms with Crippen LogP contribution in [0.4, 0.5) is 5.13 Å². The van der Waals surface area contributed by atoms with Gasteiger partial charge in [-0.3, -0.25) is 10.1 Å². The van der Waals surface area contributed by atoms with Crippen molar-refractivity contribution in [3.8, 4) is 0 Å². The Morgan fingerprint density at radius 1 is 1.17 bits per heavy atom. The second kappa shape index (κ2) is 6.87. The molecule has 124 valence electrons. The molecule has 1 fully saturated rings. The van der Waals surface area contributed by atoms with Crippen LogP contribution in [-0.2, 0) is 9.53 Å². The molecule has 1 saturated carbocycles. The molecule has 2 aromatic carbocycles. The molecular weight excluding hydrogens is 320 g/mol. The summed E-state index contributed by atoms with van der Waals surface area (Å²) in [6.07, 6.45) is 6.07. The third-order valence-electron chi connectivity index (χ3n) is 4.53. The van der Waals surface area contributed by atoms with Crippen LogP contribution in [0.1, 0.15) is 32.1 Å². The highest BCUT2D eigenvalue weighted by atomic mass is 32.1. The maximum Gasteiger partial charge on any atom is 0.252 e. The molecule has 4 rings (SSSR count). The number of rotatable bonds is 4. The molecule has 0 aliphatic heterocycles. The van der Waals surface area contributed by atoms with E-state index in [-0.39, 0.29) is 18.6 Å². The van der Waals surface area contributed by atoms with E-state index >= 15 is 0 Å². The molecule has 5 heteroatoms. The van der Waals surface area contributed by atoms with Crippen molar-refractivity contribution in [1.82, 2.24) is 4.98 Å². The van der Waals surface area contributed by atoms with Crippen LogP contribution in [0.2, 0.25) is 0 Å². The number of carbonyl (C=O) groups excluding carboxylic acids is 1. The number of nitrogens with one attached hydrogen (secondary N) is 1. The zero-order chi connectivity index (χ0) is 16.4. The van der Waals surface area contributed by atoms with E-state index in [2.05, 4.69) is 34.6 Å². The van der Waals surface area contributed by atoms with Gasteiger partial charge in [-0.2, -0.15) is 0 Å². The summed E-state index contributed by atoms with van der Waals surface area (Å²) >= 11 is 1.50. The first-order valence-electron chi connectivity index (χ1n) is 8.49. The van der Waals surface area contributed by atoms with Crippen molar-refractivity contribution in [3.63, 3.8) is 0 Å². The second-order valence-corrected chi connectivity index (χ2v) is 7.30. The van der Waals surface area contributed by atoms with Crippen LogP contribution < -0.4 is 5.32 Å². The number of anilines is 1.